The van der Waals surface area contributed by atoms with Gasteiger partial charge in [0.05, 0.1) is 29.4 Å². The van der Waals surface area contributed by atoms with Crippen molar-refractivity contribution in [2.45, 2.75) is 51.6 Å². The summed E-state index contributed by atoms with van der Waals surface area (Å²) in [4.78, 5) is 18.8. The number of hydrogen-bond donors (Lipinski definition) is 2. The monoisotopic (exact) mass is 490 g/mol. The van der Waals surface area contributed by atoms with Crippen LogP contribution in [-0.4, -0.2) is 45.8 Å². The fourth-order valence-corrected chi connectivity index (χ4v) is 4.33. The van der Waals surface area contributed by atoms with E-state index in [1.54, 1.807) is 29.7 Å². The molecule has 1 aliphatic heterocycles. The van der Waals surface area contributed by atoms with Crippen molar-refractivity contribution in [3.8, 4) is 0 Å². The number of nitrogens with one attached hydrogen (secondary N) is 1. The van der Waals surface area contributed by atoms with Crippen LogP contribution in [-0.2, 0) is 15.7 Å². The van der Waals surface area contributed by atoms with E-state index in [1.807, 2.05) is 6.92 Å². The minimum atomic E-state index is -4.40. The van der Waals surface area contributed by atoms with Gasteiger partial charge in [-0.15, -0.1) is 0 Å². The van der Waals surface area contributed by atoms with Crippen molar-refractivity contribution in [3.63, 3.8) is 0 Å². The molecule has 8 nitrogen and oxygen atoms in total. The maximum Gasteiger partial charge on any atom is 0.416 e. The molecule has 11 heteroatoms. The number of alkyl halides is 3. The number of nitrogen functional groups attached to an aromatic ring is 1. The molecule has 3 heterocycles. The maximum atomic E-state index is 13.0. The summed E-state index contributed by atoms with van der Waals surface area (Å²) < 4.78 is 46.5. The van der Waals surface area contributed by atoms with Crippen molar-refractivity contribution in [3.05, 3.63) is 47.3 Å². The SMILES string of the molecule is Cc1cc(C(F)(F)F)ccc1C(C)N(C)CC(=O)Nc1cnc(N)c2cn(C3CCCCO3)nc12. The molecule has 2 atom stereocenters. The summed E-state index contributed by atoms with van der Waals surface area (Å²) in [5, 5.41) is 8.07. The molecule has 3 N–H and O–H groups in total. The van der Waals surface area contributed by atoms with E-state index in [0.717, 1.165) is 37.0 Å². The lowest BCUT2D eigenvalue weighted by Gasteiger charge is -2.26. The average molecular weight is 491 g/mol. The van der Waals surface area contributed by atoms with Gasteiger partial charge in [0.1, 0.15) is 17.6 Å². The molecule has 4 rings (SSSR count). The fraction of sp³-hybridized carbons (Fsp3) is 0.458. The Morgan fingerprint density at radius 1 is 1.37 bits per heavy atom. The van der Waals surface area contributed by atoms with E-state index in [4.69, 9.17) is 10.5 Å². The summed E-state index contributed by atoms with van der Waals surface area (Å²) in [6.45, 7) is 4.16. The quantitative estimate of drug-likeness (QED) is 0.521. The first-order valence-corrected chi connectivity index (χ1v) is 11.5. The van der Waals surface area contributed by atoms with Crippen LogP contribution in [0.3, 0.4) is 0 Å². The summed E-state index contributed by atoms with van der Waals surface area (Å²) in [5.74, 6) is 0.00355. The lowest BCUT2D eigenvalue weighted by atomic mass is 9.99. The number of aromatic nitrogens is 3. The van der Waals surface area contributed by atoms with Gasteiger partial charge in [0.25, 0.3) is 0 Å². The molecule has 0 bridgehead atoms. The number of anilines is 2. The molecule has 188 valence electrons. The predicted octanol–water partition coefficient (Wildman–Crippen LogP) is 4.67. The third-order valence-corrected chi connectivity index (χ3v) is 6.42. The molecule has 1 fully saturated rings. The van der Waals surface area contributed by atoms with Crippen LogP contribution in [0.5, 0.6) is 0 Å². The molecule has 1 saturated heterocycles. The van der Waals surface area contributed by atoms with Gasteiger partial charge in [0.15, 0.2) is 0 Å². The Morgan fingerprint density at radius 2 is 2.14 bits per heavy atom. The number of halogens is 3. The van der Waals surface area contributed by atoms with Crippen molar-refractivity contribution in [1.29, 1.82) is 0 Å². The van der Waals surface area contributed by atoms with E-state index in [1.165, 1.54) is 12.3 Å². The first-order chi connectivity index (χ1) is 16.5. The Morgan fingerprint density at radius 3 is 2.80 bits per heavy atom. The Balaban J connectivity index is 1.47. The highest BCUT2D eigenvalue weighted by Crippen LogP contribution is 2.33. The molecular formula is C24H29F3N6O2. The van der Waals surface area contributed by atoms with Crippen molar-refractivity contribution in [2.75, 3.05) is 31.2 Å². The standard InChI is InChI=1S/C24H29F3N6O2/c1-14-10-16(24(25,26)27)7-8-17(14)15(2)32(3)13-20(34)30-19-11-29-23(28)18-12-33(31-22(18)19)21-6-4-5-9-35-21/h7-8,10-12,15,21H,4-6,9,13H2,1-3H3,(H2,28,29)(H,30,34). The molecule has 0 spiro atoms. The van der Waals surface area contributed by atoms with Crippen LogP contribution >= 0.6 is 0 Å². The Kier molecular flexibility index (Phi) is 7.00. The number of pyridine rings is 1. The van der Waals surface area contributed by atoms with Crippen molar-refractivity contribution < 1.29 is 22.7 Å². The normalized spacial score (nSPS) is 17.6. The number of carbonyl (C=O) groups excluding carboxylic acids is 1. The number of hydrogen-bond acceptors (Lipinski definition) is 6. The van der Waals surface area contributed by atoms with Gasteiger partial charge < -0.3 is 15.8 Å². The Bertz CT molecular complexity index is 1220. The number of likely N-dealkylation sites (N-methyl/N-ethyl adjacent to an activating group) is 1. The molecule has 1 aromatic carbocycles. The van der Waals surface area contributed by atoms with Gasteiger partial charge >= 0.3 is 6.18 Å². The molecule has 1 aliphatic rings. The van der Waals surface area contributed by atoms with Gasteiger partial charge in [0, 0.05) is 18.8 Å². The molecule has 3 aromatic rings. The zero-order valence-corrected chi connectivity index (χ0v) is 19.9. The number of rotatable bonds is 6. The third kappa shape index (κ3) is 5.40. The Labute approximate surface area is 201 Å². The molecule has 2 aromatic heterocycles. The van der Waals surface area contributed by atoms with E-state index < -0.39 is 11.7 Å². The van der Waals surface area contributed by atoms with Crippen LogP contribution in [0.4, 0.5) is 24.7 Å². The summed E-state index contributed by atoms with van der Waals surface area (Å²) in [7, 11) is 1.74. The predicted molar refractivity (Wildman–Crippen MR) is 127 cm³/mol. The molecule has 0 aliphatic carbocycles. The van der Waals surface area contributed by atoms with E-state index in [0.29, 0.717) is 34.6 Å². The summed E-state index contributed by atoms with van der Waals surface area (Å²) in [6, 6.07) is 3.37. The Hall–Kier alpha value is -3.18. The second-order valence-corrected chi connectivity index (χ2v) is 8.96. The first-order valence-electron chi connectivity index (χ1n) is 11.5. The molecule has 0 saturated carbocycles. The van der Waals surface area contributed by atoms with E-state index in [9.17, 15) is 18.0 Å². The minimum absolute atomic E-state index is 0.0138. The molecule has 35 heavy (non-hydrogen) atoms. The largest absolute Gasteiger partial charge is 0.416 e. The fourth-order valence-electron chi connectivity index (χ4n) is 4.33. The second kappa shape index (κ2) is 9.82. The number of fused-ring (bicyclic) bond motifs is 1. The number of ether oxygens (including phenoxy) is 1. The minimum Gasteiger partial charge on any atom is -0.383 e. The van der Waals surface area contributed by atoms with Crippen molar-refractivity contribution in [1.82, 2.24) is 19.7 Å². The van der Waals surface area contributed by atoms with Gasteiger partial charge in [0.2, 0.25) is 5.91 Å². The first kappa shape index (κ1) is 24.9. The smallest absolute Gasteiger partial charge is 0.383 e. The van der Waals surface area contributed by atoms with Gasteiger partial charge in [-0.05, 0) is 63.4 Å². The van der Waals surface area contributed by atoms with Crippen molar-refractivity contribution >= 4 is 28.3 Å². The second-order valence-electron chi connectivity index (χ2n) is 8.96. The molecule has 1 amide bonds. The van der Waals surface area contributed by atoms with E-state index in [-0.39, 0.29) is 24.7 Å². The van der Waals surface area contributed by atoms with Crippen LogP contribution < -0.4 is 11.1 Å². The number of carbonyl (C=O) groups is 1. The highest BCUT2D eigenvalue weighted by Gasteiger charge is 2.31. The lowest BCUT2D eigenvalue weighted by molar-refractivity contribution is -0.137. The highest BCUT2D eigenvalue weighted by atomic mass is 19.4. The third-order valence-electron chi connectivity index (χ3n) is 6.42. The number of benzene rings is 1. The van der Waals surface area contributed by atoms with Crippen LogP contribution in [0.1, 0.15) is 55.1 Å². The number of nitrogens with zero attached hydrogens (tertiary/aromatic N) is 4. The van der Waals surface area contributed by atoms with Gasteiger partial charge in [-0.25, -0.2) is 9.67 Å². The zero-order valence-electron chi connectivity index (χ0n) is 19.9. The summed E-state index contributed by atoms with van der Waals surface area (Å²) in [5.41, 5.74) is 7.53. The van der Waals surface area contributed by atoms with Crippen LogP contribution in [0.15, 0.2) is 30.6 Å². The zero-order chi connectivity index (χ0) is 25.3. The van der Waals surface area contributed by atoms with Gasteiger partial charge in [-0.3, -0.25) is 9.69 Å². The van der Waals surface area contributed by atoms with Gasteiger partial charge in [-0.2, -0.15) is 18.3 Å². The molecule has 2 unspecified atom stereocenters. The maximum absolute atomic E-state index is 13.0. The summed E-state index contributed by atoms with van der Waals surface area (Å²) in [6.07, 6.45) is 1.57. The molecule has 0 radical (unpaired) electrons. The topological polar surface area (TPSA) is 98.3 Å². The lowest BCUT2D eigenvalue weighted by Crippen LogP contribution is -2.32. The van der Waals surface area contributed by atoms with Crippen LogP contribution in [0.2, 0.25) is 0 Å². The number of amides is 1. The van der Waals surface area contributed by atoms with Crippen LogP contribution in [0.25, 0.3) is 10.9 Å². The highest BCUT2D eigenvalue weighted by molar-refractivity contribution is 6.03. The number of aryl methyl sites for hydroxylation is 1. The number of nitrogens with two attached hydrogens (primary N) is 1. The molecular weight excluding hydrogens is 461 g/mol. The van der Waals surface area contributed by atoms with E-state index >= 15 is 0 Å². The van der Waals surface area contributed by atoms with Crippen molar-refractivity contribution in [2.24, 2.45) is 0 Å². The van der Waals surface area contributed by atoms with E-state index in [2.05, 4.69) is 15.4 Å². The van der Waals surface area contributed by atoms with Crippen LogP contribution in [0, 0.1) is 6.92 Å². The van der Waals surface area contributed by atoms with Gasteiger partial charge in [-0.1, -0.05) is 6.07 Å². The summed E-state index contributed by atoms with van der Waals surface area (Å²) >= 11 is 0. The average Bonchev–Trinajstić information content (AvgIpc) is 3.27.